The van der Waals surface area contributed by atoms with Crippen molar-refractivity contribution in [3.63, 3.8) is 0 Å². The Bertz CT molecular complexity index is 478. The number of carboxylic acids is 1. The van der Waals surface area contributed by atoms with Gasteiger partial charge in [0.05, 0.1) is 12.5 Å². The molecule has 0 aliphatic heterocycles. The van der Waals surface area contributed by atoms with Gasteiger partial charge in [0.15, 0.2) is 0 Å². The van der Waals surface area contributed by atoms with Gasteiger partial charge in [-0.05, 0) is 19.3 Å². The minimum atomic E-state index is -1.15. The predicted molar refractivity (Wildman–Crippen MR) is 121 cm³/mol. The molecule has 0 saturated heterocycles. The molecule has 5 heteroatoms. The Kier molecular flexibility index (Phi) is 21.3. The van der Waals surface area contributed by atoms with Crippen LogP contribution in [0.2, 0.25) is 0 Å². The summed E-state index contributed by atoms with van der Waals surface area (Å²) in [4.78, 5) is 23.3. The van der Waals surface area contributed by atoms with E-state index in [1.54, 1.807) is 6.08 Å². The Labute approximate surface area is 213 Å². The average molecular weight is 445 g/mol. The number of hydrogen-bond acceptors (Lipinski definition) is 4. The van der Waals surface area contributed by atoms with E-state index in [-0.39, 0.29) is 35.5 Å². The first-order valence-corrected chi connectivity index (χ1v) is 12.7. The van der Waals surface area contributed by atoms with Gasteiger partial charge in [-0.1, -0.05) is 115 Å². The van der Waals surface area contributed by atoms with E-state index < -0.39 is 17.8 Å². The van der Waals surface area contributed by atoms with Gasteiger partial charge in [-0.3, -0.25) is 4.79 Å². The molecular formula is C26H45NaO4. The van der Waals surface area contributed by atoms with Crippen LogP contribution in [0.3, 0.4) is 0 Å². The van der Waals surface area contributed by atoms with Gasteiger partial charge in [0, 0.05) is 11.9 Å². The van der Waals surface area contributed by atoms with Gasteiger partial charge in [0.1, 0.15) is 0 Å². The summed E-state index contributed by atoms with van der Waals surface area (Å²) in [5.41, 5.74) is 0. The Morgan fingerprint density at radius 1 is 0.710 bits per heavy atom. The van der Waals surface area contributed by atoms with Gasteiger partial charge < -0.3 is 14.6 Å². The number of rotatable bonds is 19. The Hall–Kier alpha value is -0.320. The summed E-state index contributed by atoms with van der Waals surface area (Å²) >= 11 is 0. The number of unbranched alkanes of at least 4 members (excludes halogenated alkanes) is 15. The molecule has 31 heavy (non-hydrogen) atoms. The molecule has 0 fully saturated rings. The second-order valence-electron chi connectivity index (χ2n) is 8.95. The summed E-state index contributed by atoms with van der Waals surface area (Å²) in [5, 5.41) is 11.1. The summed E-state index contributed by atoms with van der Waals surface area (Å²) in [6, 6.07) is 0. The van der Waals surface area contributed by atoms with Crippen LogP contribution in [0.25, 0.3) is 0 Å². The third-order valence-corrected chi connectivity index (χ3v) is 6.28. The zero-order chi connectivity index (χ0) is 21.9. The van der Waals surface area contributed by atoms with Crippen molar-refractivity contribution >= 4 is 11.9 Å². The molecule has 1 aliphatic rings. The van der Waals surface area contributed by atoms with E-state index in [1.165, 1.54) is 89.9 Å². The maximum absolute atomic E-state index is 12.1. The normalized spacial score (nSPS) is 17.8. The van der Waals surface area contributed by atoms with Gasteiger partial charge >= 0.3 is 35.5 Å². The average Bonchev–Trinajstić information content (AvgIpc) is 2.75. The molecule has 0 bridgehead atoms. The molecule has 1 aliphatic carbocycles. The molecular weight excluding hydrogens is 399 g/mol. The molecule has 0 saturated carbocycles. The number of hydrogen-bond donors (Lipinski definition) is 0. The van der Waals surface area contributed by atoms with E-state index in [2.05, 4.69) is 6.92 Å². The molecule has 0 heterocycles. The van der Waals surface area contributed by atoms with E-state index in [1.807, 2.05) is 6.08 Å². The van der Waals surface area contributed by atoms with E-state index in [0.29, 0.717) is 19.4 Å². The zero-order valence-corrected chi connectivity index (χ0v) is 22.4. The zero-order valence-electron chi connectivity index (χ0n) is 20.4. The van der Waals surface area contributed by atoms with Crippen molar-refractivity contribution in [2.75, 3.05) is 6.61 Å². The fraction of sp³-hybridized carbons (Fsp3) is 0.846. The molecule has 2 atom stereocenters. The Balaban J connectivity index is 0.00000900. The third kappa shape index (κ3) is 16.0. The van der Waals surface area contributed by atoms with Crippen LogP contribution in [0.5, 0.6) is 0 Å². The number of carboxylic acid groups (broad SMARTS) is 1. The molecule has 0 amide bonds. The second-order valence-corrected chi connectivity index (χ2v) is 8.95. The fourth-order valence-electron chi connectivity index (χ4n) is 4.27. The molecule has 174 valence electrons. The topological polar surface area (TPSA) is 66.4 Å². The molecule has 2 unspecified atom stereocenters. The quantitative estimate of drug-likeness (QED) is 0.133. The number of carbonyl (C=O) groups is 2. The maximum Gasteiger partial charge on any atom is 1.00 e. The molecule has 0 aromatic heterocycles. The second kappa shape index (κ2) is 21.5. The van der Waals surface area contributed by atoms with Crippen LogP contribution in [-0.2, 0) is 14.3 Å². The third-order valence-electron chi connectivity index (χ3n) is 6.28. The van der Waals surface area contributed by atoms with Gasteiger partial charge in [0.25, 0.3) is 0 Å². The maximum atomic E-state index is 12.1. The number of aliphatic carboxylic acids is 1. The van der Waals surface area contributed by atoms with Gasteiger partial charge in [-0.2, -0.15) is 0 Å². The molecule has 0 spiro atoms. The summed E-state index contributed by atoms with van der Waals surface area (Å²) < 4.78 is 5.32. The van der Waals surface area contributed by atoms with Crippen LogP contribution in [-0.4, -0.2) is 18.5 Å². The monoisotopic (exact) mass is 444 g/mol. The molecule has 0 radical (unpaired) electrons. The first-order chi connectivity index (χ1) is 14.7. The molecule has 4 nitrogen and oxygen atoms in total. The van der Waals surface area contributed by atoms with Crippen molar-refractivity contribution in [2.45, 2.75) is 122 Å². The van der Waals surface area contributed by atoms with E-state index in [9.17, 15) is 14.7 Å². The van der Waals surface area contributed by atoms with Crippen LogP contribution in [0.15, 0.2) is 12.2 Å². The minimum absolute atomic E-state index is 0. The van der Waals surface area contributed by atoms with Crippen LogP contribution in [0, 0.1) is 11.8 Å². The Morgan fingerprint density at radius 3 is 1.52 bits per heavy atom. The fourth-order valence-corrected chi connectivity index (χ4v) is 4.27. The smallest absolute Gasteiger partial charge is 0.550 e. The standard InChI is InChI=1S/C26H46O4.Na/c1-2-3-4-5-6-7-8-9-10-11-12-13-14-15-16-19-22-30-26(29)24-21-18-17-20-23(24)25(27)28;/h17-18,23-24H,2-16,19-22H2,1H3,(H,27,28);/q;+1/p-1. The molecule has 0 aromatic rings. The number of carbonyl (C=O) groups excluding carboxylic acids is 2. The van der Waals surface area contributed by atoms with Crippen LogP contribution in [0.4, 0.5) is 0 Å². The van der Waals surface area contributed by atoms with E-state index >= 15 is 0 Å². The van der Waals surface area contributed by atoms with Gasteiger partial charge in [-0.25, -0.2) is 0 Å². The number of allylic oxidation sites excluding steroid dienone is 2. The Morgan fingerprint density at radius 2 is 1.10 bits per heavy atom. The first-order valence-electron chi connectivity index (χ1n) is 12.7. The first kappa shape index (κ1) is 30.7. The van der Waals surface area contributed by atoms with E-state index in [4.69, 9.17) is 4.74 Å². The van der Waals surface area contributed by atoms with Crippen molar-refractivity contribution in [3.8, 4) is 0 Å². The predicted octanol–water partition coefficient (Wildman–Crippen LogP) is 3.13. The van der Waals surface area contributed by atoms with Crippen molar-refractivity contribution in [2.24, 2.45) is 11.8 Å². The van der Waals surface area contributed by atoms with Gasteiger partial charge in [-0.15, -0.1) is 0 Å². The van der Waals surface area contributed by atoms with Crippen LogP contribution >= 0.6 is 0 Å². The molecule has 1 rings (SSSR count). The van der Waals surface area contributed by atoms with Crippen molar-refractivity contribution in [3.05, 3.63) is 12.2 Å². The van der Waals surface area contributed by atoms with E-state index in [0.717, 1.165) is 12.8 Å². The summed E-state index contributed by atoms with van der Waals surface area (Å²) in [6.07, 6.45) is 25.4. The molecule has 0 aromatic carbocycles. The van der Waals surface area contributed by atoms with Crippen molar-refractivity contribution in [1.82, 2.24) is 0 Å². The van der Waals surface area contributed by atoms with Gasteiger partial charge in [0.2, 0.25) is 0 Å². The SMILES string of the molecule is CCCCCCCCCCCCCCCCCCOC(=O)C1CC=CCC1C(=O)[O-].[Na+]. The summed E-state index contributed by atoms with van der Waals surface area (Å²) in [6.45, 7) is 2.67. The molecule has 0 N–H and O–H groups in total. The van der Waals surface area contributed by atoms with Crippen molar-refractivity contribution in [1.29, 1.82) is 0 Å². The minimum Gasteiger partial charge on any atom is -0.550 e. The largest absolute Gasteiger partial charge is 1.00 e. The number of esters is 1. The summed E-state index contributed by atoms with van der Waals surface area (Å²) in [7, 11) is 0. The number of ether oxygens (including phenoxy) is 1. The van der Waals surface area contributed by atoms with Crippen LogP contribution < -0.4 is 34.7 Å². The van der Waals surface area contributed by atoms with Crippen molar-refractivity contribution < 1.29 is 49.0 Å². The van der Waals surface area contributed by atoms with Crippen LogP contribution in [0.1, 0.15) is 122 Å². The summed E-state index contributed by atoms with van der Waals surface area (Å²) in [5.74, 6) is -2.85.